The van der Waals surface area contributed by atoms with Gasteiger partial charge in [0.25, 0.3) is 0 Å². The van der Waals surface area contributed by atoms with Crippen LogP contribution in [0.25, 0.3) is 0 Å². The molecule has 0 amide bonds. The summed E-state index contributed by atoms with van der Waals surface area (Å²) >= 11 is 0. The molecule has 1 aliphatic heterocycles. The fourth-order valence-corrected chi connectivity index (χ4v) is 2.91. The van der Waals surface area contributed by atoms with E-state index in [2.05, 4.69) is 0 Å². The van der Waals surface area contributed by atoms with Crippen LogP contribution < -0.4 is 19.1 Å². The molecule has 0 spiro atoms. The van der Waals surface area contributed by atoms with Gasteiger partial charge in [-0.15, -0.1) is 0 Å². The molecule has 2 rings (SSSR count). The quantitative estimate of drug-likeness (QED) is 0.744. The maximum Gasteiger partial charge on any atom is 0.203 e. The van der Waals surface area contributed by atoms with Crippen molar-refractivity contribution in [1.82, 2.24) is 0 Å². The first-order valence-electron chi connectivity index (χ1n) is 8.02. The van der Waals surface area contributed by atoms with Crippen LogP contribution in [-0.2, 0) is 0 Å². The van der Waals surface area contributed by atoms with Crippen LogP contribution in [0.15, 0.2) is 18.2 Å². The predicted molar refractivity (Wildman–Crippen MR) is 83.7 cm³/mol. The second kappa shape index (κ2) is 8.78. The minimum atomic E-state index is 0.712. The number of methoxy groups -OCH3 is 2. The minimum Gasteiger partial charge on any atom is -0.493 e. The van der Waals surface area contributed by atoms with E-state index in [0.29, 0.717) is 12.4 Å². The molecular weight excluding hydrogens is 266 g/mol. The van der Waals surface area contributed by atoms with Crippen LogP contribution >= 0.6 is 0 Å². The van der Waals surface area contributed by atoms with E-state index >= 15 is 0 Å². The smallest absolute Gasteiger partial charge is 0.203 e. The molecule has 1 saturated heterocycles. The van der Waals surface area contributed by atoms with Gasteiger partial charge in [0, 0.05) is 0 Å². The van der Waals surface area contributed by atoms with Gasteiger partial charge in [-0.3, -0.25) is 0 Å². The Balaban J connectivity index is 1.72. The molecule has 118 valence electrons. The lowest BCUT2D eigenvalue weighted by Gasteiger charge is -2.23. The number of hydrogen-bond acceptors (Lipinski definition) is 3. The normalized spacial score (nSPS) is 15.7. The molecule has 0 saturated carbocycles. The summed E-state index contributed by atoms with van der Waals surface area (Å²) in [6.07, 6.45) is 6.49. The van der Waals surface area contributed by atoms with Gasteiger partial charge in [0.15, 0.2) is 11.5 Å². The number of ether oxygens (including phenoxy) is 3. The first kappa shape index (κ1) is 16.0. The van der Waals surface area contributed by atoms with Crippen molar-refractivity contribution in [2.45, 2.75) is 32.1 Å². The van der Waals surface area contributed by atoms with Crippen molar-refractivity contribution in [2.24, 2.45) is 0 Å². The van der Waals surface area contributed by atoms with E-state index in [4.69, 9.17) is 14.2 Å². The molecule has 1 aliphatic rings. The number of hydrogen-bond donors (Lipinski definition) is 1. The molecule has 1 aromatic rings. The molecular formula is C17H28NO3+. The van der Waals surface area contributed by atoms with Crippen LogP contribution in [0, 0.1) is 0 Å². The Morgan fingerprint density at radius 1 is 0.952 bits per heavy atom. The Morgan fingerprint density at radius 3 is 2.24 bits per heavy atom. The summed E-state index contributed by atoms with van der Waals surface area (Å²) in [5, 5.41) is 0. The zero-order valence-electron chi connectivity index (χ0n) is 13.3. The van der Waals surface area contributed by atoms with Crippen LogP contribution in [0.3, 0.4) is 0 Å². The van der Waals surface area contributed by atoms with Gasteiger partial charge in [-0.1, -0.05) is 6.07 Å². The average Bonchev–Trinajstić information content (AvgIpc) is 2.55. The van der Waals surface area contributed by atoms with Crippen molar-refractivity contribution in [3.05, 3.63) is 18.2 Å². The highest BCUT2D eigenvalue weighted by Crippen LogP contribution is 2.36. The average molecular weight is 294 g/mol. The van der Waals surface area contributed by atoms with Crippen LogP contribution in [0.1, 0.15) is 32.1 Å². The zero-order valence-corrected chi connectivity index (χ0v) is 13.3. The van der Waals surface area contributed by atoms with Crippen LogP contribution in [0.2, 0.25) is 0 Å². The SMILES string of the molecule is COc1cccc(OC)c1OCCCC[NH+]1CCCCC1. The molecule has 0 aliphatic carbocycles. The van der Waals surface area contributed by atoms with Crippen LogP contribution in [0.4, 0.5) is 0 Å². The maximum atomic E-state index is 5.88. The van der Waals surface area contributed by atoms with E-state index in [9.17, 15) is 0 Å². The van der Waals surface area contributed by atoms with Crippen molar-refractivity contribution in [1.29, 1.82) is 0 Å². The van der Waals surface area contributed by atoms with Gasteiger partial charge < -0.3 is 19.1 Å². The summed E-state index contributed by atoms with van der Waals surface area (Å²) < 4.78 is 16.5. The van der Waals surface area contributed by atoms with E-state index in [1.807, 2.05) is 18.2 Å². The molecule has 0 unspecified atom stereocenters. The van der Waals surface area contributed by atoms with Crippen LogP contribution in [-0.4, -0.2) is 40.5 Å². The molecule has 4 heteroatoms. The van der Waals surface area contributed by atoms with E-state index in [1.54, 1.807) is 19.1 Å². The zero-order chi connectivity index (χ0) is 14.9. The summed E-state index contributed by atoms with van der Waals surface area (Å²) in [6.45, 7) is 4.68. The second-order valence-electron chi connectivity index (χ2n) is 5.61. The van der Waals surface area contributed by atoms with Crippen molar-refractivity contribution in [3.8, 4) is 17.2 Å². The van der Waals surface area contributed by atoms with Gasteiger partial charge in [0.1, 0.15) is 0 Å². The molecule has 1 fully saturated rings. The first-order valence-corrected chi connectivity index (χ1v) is 8.02. The molecule has 0 atom stereocenters. The monoisotopic (exact) mass is 294 g/mol. The Kier molecular flexibility index (Phi) is 6.67. The summed E-state index contributed by atoms with van der Waals surface area (Å²) in [5.41, 5.74) is 0. The van der Waals surface area contributed by atoms with Crippen molar-refractivity contribution < 1.29 is 19.1 Å². The van der Waals surface area contributed by atoms with Gasteiger partial charge in [0.2, 0.25) is 5.75 Å². The second-order valence-corrected chi connectivity index (χ2v) is 5.61. The number of unbranched alkanes of at least 4 members (excludes halogenated alkanes) is 1. The summed E-state index contributed by atoms with van der Waals surface area (Å²) in [6, 6.07) is 5.70. The van der Waals surface area contributed by atoms with Crippen molar-refractivity contribution in [2.75, 3.05) is 40.5 Å². The number of benzene rings is 1. The molecule has 4 nitrogen and oxygen atoms in total. The molecule has 21 heavy (non-hydrogen) atoms. The number of piperidine rings is 1. The molecule has 1 aromatic carbocycles. The number of nitrogens with one attached hydrogen (secondary N) is 1. The van der Waals surface area contributed by atoms with Gasteiger partial charge in [-0.25, -0.2) is 0 Å². The van der Waals surface area contributed by atoms with E-state index in [-0.39, 0.29) is 0 Å². The van der Waals surface area contributed by atoms with Crippen LogP contribution in [0.5, 0.6) is 17.2 Å². The van der Waals surface area contributed by atoms with E-state index in [1.165, 1.54) is 45.3 Å². The Morgan fingerprint density at radius 2 is 1.62 bits per heavy atom. The molecule has 0 aromatic heterocycles. The number of likely N-dealkylation sites (tertiary alicyclic amines) is 1. The van der Waals surface area contributed by atoms with Gasteiger partial charge in [-0.2, -0.15) is 0 Å². The van der Waals surface area contributed by atoms with E-state index in [0.717, 1.165) is 17.9 Å². The topological polar surface area (TPSA) is 32.1 Å². The highest BCUT2D eigenvalue weighted by atomic mass is 16.5. The highest BCUT2D eigenvalue weighted by Gasteiger charge is 2.13. The predicted octanol–water partition coefficient (Wildman–Crippen LogP) is 1.93. The standard InChI is InChI=1S/C17H27NO3/c1-19-15-9-8-10-16(20-2)17(15)21-14-7-6-13-18-11-4-3-5-12-18/h8-10H,3-7,11-14H2,1-2H3/p+1. The lowest BCUT2D eigenvalue weighted by Crippen LogP contribution is -3.12. The third-order valence-electron chi connectivity index (χ3n) is 4.11. The Hall–Kier alpha value is -1.42. The number of para-hydroxylation sites is 1. The third kappa shape index (κ3) is 4.81. The van der Waals surface area contributed by atoms with Gasteiger partial charge in [0.05, 0.1) is 40.5 Å². The van der Waals surface area contributed by atoms with Crippen molar-refractivity contribution >= 4 is 0 Å². The lowest BCUT2D eigenvalue weighted by molar-refractivity contribution is -0.905. The van der Waals surface area contributed by atoms with Crippen molar-refractivity contribution in [3.63, 3.8) is 0 Å². The Bertz CT molecular complexity index is 394. The maximum absolute atomic E-state index is 5.88. The first-order chi connectivity index (χ1) is 10.3. The van der Waals surface area contributed by atoms with Gasteiger partial charge >= 0.3 is 0 Å². The molecule has 1 heterocycles. The molecule has 0 radical (unpaired) electrons. The fraction of sp³-hybridized carbons (Fsp3) is 0.647. The van der Waals surface area contributed by atoms with E-state index < -0.39 is 0 Å². The highest BCUT2D eigenvalue weighted by molar-refractivity contribution is 5.51. The molecule has 0 bridgehead atoms. The summed E-state index contributed by atoms with van der Waals surface area (Å²) in [5.74, 6) is 2.18. The summed E-state index contributed by atoms with van der Waals surface area (Å²) in [7, 11) is 3.31. The number of quaternary nitrogens is 1. The fourth-order valence-electron chi connectivity index (χ4n) is 2.91. The Labute approximate surface area is 128 Å². The summed E-state index contributed by atoms with van der Waals surface area (Å²) in [4.78, 5) is 1.76. The third-order valence-corrected chi connectivity index (χ3v) is 4.11. The minimum absolute atomic E-state index is 0.712. The molecule has 1 N–H and O–H groups in total. The largest absolute Gasteiger partial charge is 0.493 e. The number of rotatable bonds is 8. The lowest BCUT2D eigenvalue weighted by atomic mass is 10.1. The van der Waals surface area contributed by atoms with Gasteiger partial charge in [-0.05, 0) is 44.2 Å².